The van der Waals surface area contributed by atoms with Crippen LogP contribution in [0.1, 0.15) is 21.7 Å². The molecular weight excluding hydrogens is 214 g/mol. The second-order valence-corrected chi connectivity index (χ2v) is 4.10. The summed E-state index contributed by atoms with van der Waals surface area (Å²) in [7, 11) is 0. The summed E-state index contributed by atoms with van der Waals surface area (Å²) in [6.07, 6.45) is 1.75. The van der Waals surface area contributed by atoms with Crippen LogP contribution in [0.4, 0.5) is 0 Å². The van der Waals surface area contributed by atoms with Gasteiger partial charge in [-0.15, -0.1) is 0 Å². The zero-order valence-corrected chi connectivity index (χ0v) is 9.39. The highest BCUT2D eigenvalue weighted by Crippen LogP contribution is 2.20. The molecule has 1 aromatic carbocycles. The number of benzene rings is 1. The van der Waals surface area contributed by atoms with Gasteiger partial charge in [-0.25, -0.2) is 4.68 Å². The predicted molar refractivity (Wildman–Crippen MR) is 64.4 cm³/mol. The molecule has 2 aromatic rings. The van der Waals surface area contributed by atoms with E-state index in [-0.39, 0.29) is 0 Å². The van der Waals surface area contributed by atoms with E-state index in [1.54, 1.807) is 0 Å². The zero-order chi connectivity index (χ0) is 11.7. The number of aldehydes is 1. The SMILES string of the molecule is O=Cc1nn(-c2ccccc2)c2c1CNCC2. The highest BCUT2D eigenvalue weighted by atomic mass is 16.1. The van der Waals surface area contributed by atoms with Crippen LogP contribution in [0.25, 0.3) is 5.69 Å². The summed E-state index contributed by atoms with van der Waals surface area (Å²) in [5.74, 6) is 0. The molecule has 4 heteroatoms. The molecule has 0 radical (unpaired) electrons. The van der Waals surface area contributed by atoms with E-state index in [2.05, 4.69) is 10.4 Å². The fraction of sp³-hybridized carbons (Fsp3) is 0.231. The number of carbonyl (C=O) groups excluding carboxylic acids is 1. The maximum Gasteiger partial charge on any atom is 0.170 e. The minimum Gasteiger partial charge on any atom is -0.312 e. The molecule has 1 aromatic heterocycles. The van der Waals surface area contributed by atoms with Gasteiger partial charge in [0.1, 0.15) is 5.69 Å². The fourth-order valence-corrected chi connectivity index (χ4v) is 2.25. The Morgan fingerprint density at radius 3 is 2.88 bits per heavy atom. The number of hydrogen-bond donors (Lipinski definition) is 1. The van der Waals surface area contributed by atoms with Gasteiger partial charge in [-0.05, 0) is 12.1 Å². The van der Waals surface area contributed by atoms with Gasteiger partial charge in [-0.1, -0.05) is 18.2 Å². The molecule has 4 nitrogen and oxygen atoms in total. The topological polar surface area (TPSA) is 46.9 Å². The summed E-state index contributed by atoms with van der Waals surface area (Å²) in [4.78, 5) is 11.0. The fourth-order valence-electron chi connectivity index (χ4n) is 2.25. The average Bonchev–Trinajstić information content (AvgIpc) is 2.78. The number of hydrogen-bond acceptors (Lipinski definition) is 3. The van der Waals surface area contributed by atoms with Gasteiger partial charge in [0.15, 0.2) is 6.29 Å². The van der Waals surface area contributed by atoms with E-state index in [0.717, 1.165) is 42.7 Å². The molecular formula is C13H13N3O. The molecule has 3 rings (SSSR count). The lowest BCUT2D eigenvalue weighted by Gasteiger charge is -2.15. The van der Waals surface area contributed by atoms with Gasteiger partial charge >= 0.3 is 0 Å². The third-order valence-electron chi connectivity index (χ3n) is 3.07. The summed E-state index contributed by atoms with van der Waals surface area (Å²) in [6.45, 7) is 1.67. The van der Waals surface area contributed by atoms with Crippen molar-refractivity contribution in [2.45, 2.75) is 13.0 Å². The summed E-state index contributed by atoms with van der Waals surface area (Å²) < 4.78 is 1.89. The van der Waals surface area contributed by atoms with Crippen LogP contribution in [0, 0.1) is 0 Å². The molecule has 0 amide bonds. The summed E-state index contributed by atoms with van der Waals surface area (Å²) in [5, 5.41) is 7.66. The van der Waals surface area contributed by atoms with Crippen LogP contribution in [-0.2, 0) is 13.0 Å². The van der Waals surface area contributed by atoms with Crippen molar-refractivity contribution in [3.8, 4) is 5.69 Å². The van der Waals surface area contributed by atoms with E-state index in [1.807, 2.05) is 35.0 Å². The Bertz CT molecular complexity index is 545. The van der Waals surface area contributed by atoms with E-state index >= 15 is 0 Å². The van der Waals surface area contributed by atoms with Crippen molar-refractivity contribution in [3.63, 3.8) is 0 Å². The van der Waals surface area contributed by atoms with E-state index in [1.165, 1.54) is 0 Å². The Morgan fingerprint density at radius 1 is 1.29 bits per heavy atom. The van der Waals surface area contributed by atoms with Gasteiger partial charge in [-0.2, -0.15) is 5.10 Å². The van der Waals surface area contributed by atoms with Crippen LogP contribution < -0.4 is 5.32 Å². The molecule has 0 fully saturated rings. The number of nitrogens with zero attached hydrogens (tertiary/aromatic N) is 2. The molecule has 2 heterocycles. The van der Waals surface area contributed by atoms with Crippen LogP contribution >= 0.6 is 0 Å². The van der Waals surface area contributed by atoms with Gasteiger partial charge in [0.25, 0.3) is 0 Å². The summed E-state index contributed by atoms with van der Waals surface area (Å²) >= 11 is 0. The number of rotatable bonds is 2. The molecule has 1 N–H and O–H groups in total. The molecule has 1 aliphatic heterocycles. The Morgan fingerprint density at radius 2 is 2.12 bits per heavy atom. The first-order valence-electron chi connectivity index (χ1n) is 5.72. The standard InChI is InChI=1S/C13H13N3O/c17-9-12-11-8-14-7-6-13(11)16(15-12)10-4-2-1-3-5-10/h1-5,9,14H,6-8H2. The maximum atomic E-state index is 11.0. The van der Waals surface area contributed by atoms with Crippen molar-refractivity contribution >= 4 is 6.29 Å². The van der Waals surface area contributed by atoms with Crippen LogP contribution in [-0.4, -0.2) is 22.6 Å². The Hall–Kier alpha value is -1.94. The minimum atomic E-state index is 0.552. The van der Waals surface area contributed by atoms with Crippen molar-refractivity contribution in [2.75, 3.05) is 6.54 Å². The lowest BCUT2D eigenvalue weighted by Crippen LogP contribution is -2.24. The van der Waals surface area contributed by atoms with E-state index in [9.17, 15) is 4.79 Å². The zero-order valence-electron chi connectivity index (χ0n) is 9.39. The smallest absolute Gasteiger partial charge is 0.170 e. The van der Waals surface area contributed by atoms with Crippen molar-refractivity contribution in [1.82, 2.24) is 15.1 Å². The van der Waals surface area contributed by atoms with Crippen LogP contribution in [0.5, 0.6) is 0 Å². The third kappa shape index (κ3) is 1.66. The van der Waals surface area contributed by atoms with Crippen LogP contribution in [0.3, 0.4) is 0 Å². The van der Waals surface area contributed by atoms with Gasteiger partial charge in [-0.3, -0.25) is 4.79 Å². The highest BCUT2D eigenvalue weighted by Gasteiger charge is 2.20. The van der Waals surface area contributed by atoms with Gasteiger partial charge in [0, 0.05) is 25.1 Å². The van der Waals surface area contributed by atoms with Crippen molar-refractivity contribution in [1.29, 1.82) is 0 Å². The molecule has 0 aliphatic carbocycles. The van der Waals surface area contributed by atoms with Crippen molar-refractivity contribution in [3.05, 3.63) is 47.3 Å². The molecule has 0 atom stereocenters. The quantitative estimate of drug-likeness (QED) is 0.787. The van der Waals surface area contributed by atoms with E-state index in [4.69, 9.17) is 0 Å². The Labute approximate surface area is 99.3 Å². The Balaban J connectivity index is 2.17. The molecule has 17 heavy (non-hydrogen) atoms. The lowest BCUT2D eigenvalue weighted by molar-refractivity contribution is 0.111. The lowest BCUT2D eigenvalue weighted by atomic mass is 10.1. The van der Waals surface area contributed by atoms with Crippen molar-refractivity contribution < 1.29 is 4.79 Å². The average molecular weight is 227 g/mol. The predicted octanol–water partition coefficient (Wildman–Crippen LogP) is 1.33. The van der Waals surface area contributed by atoms with Gasteiger partial charge < -0.3 is 5.32 Å². The van der Waals surface area contributed by atoms with Gasteiger partial charge in [0.05, 0.1) is 11.4 Å². The first kappa shape index (κ1) is 10.2. The largest absolute Gasteiger partial charge is 0.312 e. The Kier molecular flexibility index (Phi) is 2.49. The first-order chi connectivity index (χ1) is 8.40. The molecule has 0 saturated heterocycles. The number of fused-ring (bicyclic) bond motifs is 1. The number of aromatic nitrogens is 2. The number of carbonyl (C=O) groups is 1. The third-order valence-corrected chi connectivity index (χ3v) is 3.07. The molecule has 1 aliphatic rings. The normalized spacial score (nSPS) is 14.4. The summed E-state index contributed by atoms with van der Waals surface area (Å²) in [6, 6.07) is 9.94. The molecule has 0 spiro atoms. The number of nitrogens with one attached hydrogen (secondary N) is 1. The van der Waals surface area contributed by atoms with Gasteiger partial charge in [0.2, 0.25) is 0 Å². The summed E-state index contributed by atoms with van der Waals surface area (Å²) in [5.41, 5.74) is 3.75. The monoisotopic (exact) mass is 227 g/mol. The second-order valence-electron chi connectivity index (χ2n) is 4.10. The molecule has 86 valence electrons. The van der Waals surface area contributed by atoms with E-state index in [0.29, 0.717) is 5.69 Å². The minimum absolute atomic E-state index is 0.552. The van der Waals surface area contributed by atoms with Crippen LogP contribution in [0.2, 0.25) is 0 Å². The molecule has 0 unspecified atom stereocenters. The highest BCUT2D eigenvalue weighted by molar-refractivity contribution is 5.75. The molecule has 0 saturated carbocycles. The number of para-hydroxylation sites is 1. The van der Waals surface area contributed by atoms with Crippen LogP contribution in [0.15, 0.2) is 30.3 Å². The van der Waals surface area contributed by atoms with Crippen molar-refractivity contribution in [2.24, 2.45) is 0 Å². The second kappa shape index (κ2) is 4.14. The molecule has 0 bridgehead atoms. The maximum absolute atomic E-state index is 11.0. The first-order valence-corrected chi connectivity index (χ1v) is 5.72. The van der Waals surface area contributed by atoms with E-state index < -0.39 is 0 Å².